The highest BCUT2D eigenvalue weighted by atomic mass is 16.5. The molecule has 2 rings (SSSR count). The van der Waals surface area contributed by atoms with E-state index in [9.17, 15) is 0 Å². The number of nitriles is 1. The Morgan fingerprint density at radius 1 is 1.35 bits per heavy atom. The summed E-state index contributed by atoms with van der Waals surface area (Å²) < 4.78 is 11.5. The molecule has 0 amide bonds. The van der Waals surface area contributed by atoms with Crippen molar-refractivity contribution in [3.8, 4) is 17.6 Å². The van der Waals surface area contributed by atoms with Crippen LogP contribution in [-0.2, 0) is 6.42 Å². The lowest BCUT2D eigenvalue weighted by atomic mass is 9.94. The lowest BCUT2D eigenvalue weighted by Crippen LogP contribution is -2.34. The molecule has 3 nitrogen and oxygen atoms in total. The fourth-order valence-electron chi connectivity index (χ4n) is 2.41. The monoisotopic (exact) mass is 273 g/mol. The van der Waals surface area contributed by atoms with Crippen molar-refractivity contribution in [3.63, 3.8) is 0 Å². The summed E-state index contributed by atoms with van der Waals surface area (Å²) in [4.78, 5) is 0. The van der Waals surface area contributed by atoms with Crippen molar-refractivity contribution in [1.29, 1.82) is 5.26 Å². The predicted octanol–water partition coefficient (Wildman–Crippen LogP) is 4.25. The maximum Gasteiger partial charge on any atom is 0.191 e. The van der Waals surface area contributed by atoms with Crippen molar-refractivity contribution in [2.45, 2.75) is 58.0 Å². The summed E-state index contributed by atoms with van der Waals surface area (Å²) >= 11 is 0. The quantitative estimate of drug-likeness (QED) is 0.727. The molecule has 1 heterocycles. The van der Waals surface area contributed by atoms with Crippen molar-refractivity contribution in [2.75, 3.05) is 6.61 Å². The van der Waals surface area contributed by atoms with Gasteiger partial charge in [0.25, 0.3) is 0 Å². The van der Waals surface area contributed by atoms with Gasteiger partial charge in [-0.3, -0.25) is 0 Å². The van der Waals surface area contributed by atoms with Crippen LogP contribution in [-0.4, -0.2) is 12.2 Å². The Bertz CT molecular complexity index is 492. The lowest BCUT2D eigenvalue weighted by molar-refractivity contribution is 0.121. The molecule has 0 N–H and O–H groups in total. The van der Waals surface area contributed by atoms with Crippen LogP contribution >= 0.6 is 0 Å². The minimum absolute atomic E-state index is 0.685. The van der Waals surface area contributed by atoms with E-state index < -0.39 is 5.60 Å². The van der Waals surface area contributed by atoms with Gasteiger partial charge in [0.2, 0.25) is 0 Å². The molecule has 0 fully saturated rings. The summed E-state index contributed by atoms with van der Waals surface area (Å²) in [7, 11) is 0. The molecule has 3 heteroatoms. The molecule has 0 saturated carbocycles. The molecule has 1 atom stereocenters. The van der Waals surface area contributed by atoms with Crippen LogP contribution in [0.15, 0.2) is 18.2 Å². The van der Waals surface area contributed by atoms with Crippen molar-refractivity contribution < 1.29 is 9.47 Å². The summed E-state index contributed by atoms with van der Waals surface area (Å²) in [6.07, 6.45) is 6.45. The topological polar surface area (TPSA) is 42.2 Å². The number of hydrogen-bond donors (Lipinski definition) is 0. The highest BCUT2D eigenvalue weighted by Gasteiger charge is 2.31. The molecule has 0 aromatic heterocycles. The highest BCUT2D eigenvalue weighted by Crippen LogP contribution is 2.35. The van der Waals surface area contributed by atoms with Gasteiger partial charge in [-0.05, 0) is 43.5 Å². The van der Waals surface area contributed by atoms with Gasteiger partial charge < -0.3 is 9.47 Å². The van der Waals surface area contributed by atoms with Crippen LogP contribution in [0.3, 0.4) is 0 Å². The van der Waals surface area contributed by atoms with Gasteiger partial charge in [-0.25, -0.2) is 0 Å². The maximum atomic E-state index is 9.12. The van der Waals surface area contributed by atoms with Crippen molar-refractivity contribution >= 4 is 0 Å². The van der Waals surface area contributed by atoms with Crippen LogP contribution in [0.1, 0.15) is 51.5 Å². The van der Waals surface area contributed by atoms with E-state index >= 15 is 0 Å². The third-order valence-electron chi connectivity index (χ3n) is 3.74. The molecule has 0 spiro atoms. The second kappa shape index (κ2) is 6.65. The average molecular weight is 273 g/mol. The van der Waals surface area contributed by atoms with Gasteiger partial charge >= 0.3 is 0 Å². The fraction of sp³-hybridized carbons (Fsp3) is 0.588. The van der Waals surface area contributed by atoms with E-state index in [1.54, 1.807) is 0 Å². The van der Waals surface area contributed by atoms with Crippen LogP contribution in [0.5, 0.6) is 11.5 Å². The number of unbranched alkanes of at least 4 members (excludes halogenated alkanes) is 3. The molecule has 1 aromatic rings. The van der Waals surface area contributed by atoms with Gasteiger partial charge in [0.1, 0.15) is 17.6 Å². The second-order valence-electron chi connectivity index (χ2n) is 5.62. The van der Waals surface area contributed by atoms with E-state index in [0.717, 1.165) is 42.9 Å². The van der Waals surface area contributed by atoms with Crippen LogP contribution in [0, 0.1) is 11.3 Å². The molecular weight excluding hydrogens is 250 g/mol. The molecule has 1 aliphatic rings. The number of ether oxygens (including phenoxy) is 2. The standard InChI is InChI=1S/C17H23NO2/c1-3-4-5-6-11-19-15-7-8-16-14(12-15)9-10-17(2,13-18)20-16/h7-8,12H,3-6,9-11H2,1-2H3/t17-/m0/s1. The van der Waals surface area contributed by atoms with Crippen LogP contribution in [0.4, 0.5) is 0 Å². The Hall–Kier alpha value is -1.69. The average Bonchev–Trinajstić information content (AvgIpc) is 2.47. The summed E-state index contributed by atoms with van der Waals surface area (Å²) in [5.41, 5.74) is 0.457. The van der Waals surface area contributed by atoms with Crippen molar-refractivity contribution in [1.82, 2.24) is 0 Å². The van der Waals surface area contributed by atoms with Gasteiger partial charge in [-0.1, -0.05) is 26.2 Å². The third-order valence-corrected chi connectivity index (χ3v) is 3.74. The highest BCUT2D eigenvalue weighted by molar-refractivity contribution is 5.43. The summed E-state index contributed by atoms with van der Waals surface area (Å²) in [6, 6.07) is 8.14. The van der Waals surface area contributed by atoms with Crippen LogP contribution in [0.25, 0.3) is 0 Å². The molecule has 20 heavy (non-hydrogen) atoms. The Balaban J connectivity index is 1.91. The van der Waals surface area contributed by atoms with E-state index in [1.807, 2.05) is 25.1 Å². The van der Waals surface area contributed by atoms with E-state index in [0.29, 0.717) is 0 Å². The predicted molar refractivity (Wildman–Crippen MR) is 79.0 cm³/mol. The molecule has 108 valence electrons. The molecule has 0 aliphatic carbocycles. The first kappa shape index (κ1) is 14.7. The molecule has 0 saturated heterocycles. The SMILES string of the molecule is CCCCCCOc1ccc2c(c1)CC[C@@](C)(C#N)O2. The Kier molecular flexibility index (Phi) is 4.89. The maximum absolute atomic E-state index is 9.12. The van der Waals surface area contributed by atoms with Gasteiger partial charge in [0, 0.05) is 6.42 Å². The number of fused-ring (bicyclic) bond motifs is 1. The number of nitrogens with zero attached hydrogens (tertiary/aromatic N) is 1. The zero-order valence-electron chi connectivity index (χ0n) is 12.4. The lowest BCUT2D eigenvalue weighted by Gasteiger charge is -2.30. The molecule has 1 aromatic carbocycles. The minimum atomic E-state index is -0.685. The van der Waals surface area contributed by atoms with E-state index in [2.05, 4.69) is 13.0 Å². The Morgan fingerprint density at radius 3 is 2.95 bits per heavy atom. The molecule has 0 unspecified atom stereocenters. The summed E-state index contributed by atoms with van der Waals surface area (Å²) in [5.74, 6) is 1.73. The van der Waals surface area contributed by atoms with Gasteiger partial charge in [-0.2, -0.15) is 5.26 Å². The zero-order chi connectivity index (χ0) is 14.4. The number of aryl methyl sites for hydroxylation is 1. The summed E-state index contributed by atoms with van der Waals surface area (Å²) in [6.45, 7) is 4.82. The second-order valence-corrected chi connectivity index (χ2v) is 5.62. The van der Waals surface area contributed by atoms with Crippen LogP contribution in [0.2, 0.25) is 0 Å². The zero-order valence-corrected chi connectivity index (χ0v) is 12.4. The Labute approximate surface area is 121 Å². The third kappa shape index (κ3) is 3.66. The number of rotatable bonds is 6. The summed E-state index contributed by atoms with van der Waals surface area (Å²) in [5, 5.41) is 9.12. The van der Waals surface area contributed by atoms with Gasteiger partial charge in [0.05, 0.1) is 6.61 Å². The molecular formula is C17H23NO2. The molecule has 1 aliphatic heterocycles. The van der Waals surface area contributed by atoms with Gasteiger partial charge in [0.15, 0.2) is 5.60 Å². The smallest absolute Gasteiger partial charge is 0.191 e. The normalized spacial score (nSPS) is 20.6. The van der Waals surface area contributed by atoms with E-state index in [1.165, 1.54) is 19.3 Å². The number of benzene rings is 1. The first-order chi connectivity index (χ1) is 9.67. The van der Waals surface area contributed by atoms with Crippen molar-refractivity contribution in [2.24, 2.45) is 0 Å². The van der Waals surface area contributed by atoms with Crippen molar-refractivity contribution in [3.05, 3.63) is 23.8 Å². The Morgan fingerprint density at radius 2 is 2.20 bits per heavy atom. The first-order valence-corrected chi connectivity index (χ1v) is 7.53. The largest absolute Gasteiger partial charge is 0.494 e. The molecule has 0 radical (unpaired) electrons. The van der Waals surface area contributed by atoms with E-state index in [-0.39, 0.29) is 0 Å². The minimum Gasteiger partial charge on any atom is -0.494 e. The van der Waals surface area contributed by atoms with Crippen LogP contribution < -0.4 is 9.47 Å². The van der Waals surface area contributed by atoms with Gasteiger partial charge in [-0.15, -0.1) is 0 Å². The molecule has 0 bridgehead atoms. The van der Waals surface area contributed by atoms with E-state index in [4.69, 9.17) is 14.7 Å². The number of hydrogen-bond acceptors (Lipinski definition) is 3. The fourth-order valence-corrected chi connectivity index (χ4v) is 2.41. The first-order valence-electron chi connectivity index (χ1n) is 7.53.